The van der Waals surface area contributed by atoms with Gasteiger partial charge in [0, 0.05) is 44.2 Å². The summed E-state index contributed by atoms with van der Waals surface area (Å²) in [7, 11) is 3.38. The van der Waals surface area contributed by atoms with Gasteiger partial charge in [0.25, 0.3) is 0 Å². The summed E-state index contributed by atoms with van der Waals surface area (Å²) in [6, 6.07) is 9.85. The highest BCUT2D eigenvalue weighted by Gasteiger charge is 2.29. The van der Waals surface area contributed by atoms with E-state index >= 15 is 0 Å². The normalized spacial score (nSPS) is 17.1. The zero-order valence-electron chi connectivity index (χ0n) is 17.1. The maximum Gasteiger partial charge on any atom is 0.227 e. The Bertz CT molecular complexity index is 844. The number of ether oxygens (including phenoxy) is 2. The first-order valence-corrected chi connectivity index (χ1v) is 10.1. The molecular formula is C22H28N4O3. The molecule has 1 saturated heterocycles. The van der Waals surface area contributed by atoms with Crippen molar-refractivity contribution in [2.45, 2.75) is 19.4 Å². The Kier molecular flexibility index (Phi) is 5.85. The standard InChI is InChI=1S/C22H28N4O3/c1-28-19-6-7-20(29-2)17(13-19)15-25-9-11-26(12-10-25)21-8-5-18(14-23-21)24-22(27)16-3-4-16/h5-8,13-14,16H,3-4,9-12,15H2,1-2H3,(H,24,27). The largest absolute Gasteiger partial charge is 0.497 e. The number of piperazine rings is 1. The minimum atomic E-state index is 0.112. The molecule has 7 heteroatoms. The maximum absolute atomic E-state index is 11.9. The van der Waals surface area contributed by atoms with Crippen molar-refractivity contribution in [3.05, 3.63) is 42.1 Å². The average molecular weight is 396 g/mol. The third kappa shape index (κ3) is 4.79. The van der Waals surface area contributed by atoms with E-state index in [4.69, 9.17) is 9.47 Å². The van der Waals surface area contributed by atoms with Crippen LogP contribution in [0, 0.1) is 5.92 Å². The molecule has 1 N–H and O–H groups in total. The average Bonchev–Trinajstić information content (AvgIpc) is 3.60. The number of benzene rings is 1. The molecule has 7 nitrogen and oxygen atoms in total. The van der Waals surface area contributed by atoms with Crippen molar-refractivity contribution in [2.75, 3.05) is 50.6 Å². The van der Waals surface area contributed by atoms with E-state index in [2.05, 4.69) is 20.1 Å². The lowest BCUT2D eigenvalue weighted by Crippen LogP contribution is -2.46. The molecule has 4 rings (SSSR count). The van der Waals surface area contributed by atoms with E-state index in [0.29, 0.717) is 0 Å². The summed E-state index contributed by atoms with van der Waals surface area (Å²) >= 11 is 0. The second-order valence-corrected chi connectivity index (χ2v) is 7.61. The number of hydrogen-bond donors (Lipinski definition) is 1. The number of nitrogens with zero attached hydrogens (tertiary/aromatic N) is 3. The van der Waals surface area contributed by atoms with E-state index in [1.54, 1.807) is 20.4 Å². The summed E-state index contributed by atoms with van der Waals surface area (Å²) in [6.07, 6.45) is 3.76. The SMILES string of the molecule is COc1ccc(OC)c(CN2CCN(c3ccc(NC(=O)C4CC4)cn3)CC2)c1. The van der Waals surface area contributed by atoms with Crippen LogP contribution in [0.15, 0.2) is 36.5 Å². The fourth-order valence-electron chi connectivity index (χ4n) is 3.62. The summed E-state index contributed by atoms with van der Waals surface area (Å²) in [6.45, 7) is 4.54. The van der Waals surface area contributed by atoms with Gasteiger partial charge in [-0.25, -0.2) is 4.98 Å². The predicted molar refractivity (Wildman–Crippen MR) is 113 cm³/mol. The van der Waals surface area contributed by atoms with Crippen molar-refractivity contribution in [2.24, 2.45) is 5.92 Å². The molecule has 1 aromatic carbocycles. The van der Waals surface area contributed by atoms with Crippen LogP contribution in [0.2, 0.25) is 0 Å². The molecule has 2 aliphatic rings. The molecular weight excluding hydrogens is 368 g/mol. The molecule has 1 aromatic heterocycles. The van der Waals surface area contributed by atoms with Gasteiger partial charge in [-0.1, -0.05) is 0 Å². The molecule has 29 heavy (non-hydrogen) atoms. The first kappa shape index (κ1) is 19.5. The van der Waals surface area contributed by atoms with E-state index in [1.165, 1.54) is 0 Å². The third-order valence-electron chi connectivity index (χ3n) is 5.54. The summed E-state index contributed by atoms with van der Waals surface area (Å²) in [4.78, 5) is 21.1. The van der Waals surface area contributed by atoms with E-state index in [9.17, 15) is 4.79 Å². The molecule has 154 valence electrons. The molecule has 0 spiro atoms. The molecule has 2 fully saturated rings. The van der Waals surface area contributed by atoms with E-state index in [0.717, 1.165) is 74.1 Å². The first-order valence-electron chi connectivity index (χ1n) is 10.1. The minimum Gasteiger partial charge on any atom is -0.497 e. The van der Waals surface area contributed by atoms with Gasteiger partial charge in [0.2, 0.25) is 5.91 Å². The number of anilines is 2. The molecule has 0 radical (unpaired) electrons. The number of aromatic nitrogens is 1. The smallest absolute Gasteiger partial charge is 0.227 e. The van der Waals surface area contributed by atoms with Gasteiger partial charge in [0.1, 0.15) is 17.3 Å². The van der Waals surface area contributed by atoms with Gasteiger partial charge < -0.3 is 19.7 Å². The Morgan fingerprint density at radius 1 is 1.10 bits per heavy atom. The van der Waals surface area contributed by atoms with Crippen LogP contribution in [0.1, 0.15) is 18.4 Å². The lowest BCUT2D eigenvalue weighted by atomic mass is 10.1. The first-order chi connectivity index (χ1) is 14.2. The molecule has 0 bridgehead atoms. The molecule has 1 saturated carbocycles. The number of rotatable bonds is 7. The Hall–Kier alpha value is -2.80. The van der Waals surface area contributed by atoms with Crippen LogP contribution in [0.3, 0.4) is 0 Å². The molecule has 0 atom stereocenters. The van der Waals surface area contributed by atoms with Gasteiger partial charge in [-0.05, 0) is 43.2 Å². The Labute approximate surface area is 171 Å². The van der Waals surface area contributed by atoms with Crippen molar-refractivity contribution >= 4 is 17.4 Å². The summed E-state index contributed by atoms with van der Waals surface area (Å²) < 4.78 is 10.9. The lowest BCUT2D eigenvalue weighted by molar-refractivity contribution is -0.117. The lowest BCUT2D eigenvalue weighted by Gasteiger charge is -2.35. The highest BCUT2D eigenvalue weighted by Crippen LogP contribution is 2.30. The second kappa shape index (κ2) is 8.69. The molecule has 1 aliphatic heterocycles. The van der Waals surface area contributed by atoms with Gasteiger partial charge in [0.15, 0.2) is 0 Å². The van der Waals surface area contributed by atoms with Crippen molar-refractivity contribution in [1.29, 1.82) is 0 Å². The van der Waals surface area contributed by atoms with E-state index in [-0.39, 0.29) is 11.8 Å². The summed E-state index contributed by atoms with van der Waals surface area (Å²) in [5.74, 6) is 3.00. The Balaban J connectivity index is 1.32. The van der Waals surface area contributed by atoms with Crippen LogP contribution in [0.4, 0.5) is 11.5 Å². The van der Waals surface area contributed by atoms with Gasteiger partial charge in [-0.3, -0.25) is 9.69 Å². The van der Waals surface area contributed by atoms with Crippen molar-refractivity contribution < 1.29 is 14.3 Å². The van der Waals surface area contributed by atoms with Crippen LogP contribution >= 0.6 is 0 Å². The predicted octanol–water partition coefficient (Wildman–Crippen LogP) is 2.77. The molecule has 0 unspecified atom stereocenters. The van der Waals surface area contributed by atoms with Crippen LogP contribution < -0.4 is 19.7 Å². The minimum absolute atomic E-state index is 0.112. The molecule has 2 heterocycles. The Morgan fingerprint density at radius 2 is 1.90 bits per heavy atom. The Morgan fingerprint density at radius 3 is 2.52 bits per heavy atom. The third-order valence-corrected chi connectivity index (χ3v) is 5.54. The maximum atomic E-state index is 11.9. The van der Waals surface area contributed by atoms with E-state index < -0.39 is 0 Å². The van der Waals surface area contributed by atoms with Crippen LogP contribution in [0.5, 0.6) is 11.5 Å². The fourth-order valence-corrected chi connectivity index (χ4v) is 3.62. The number of carbonyl (C=O) groups is 1. The van der Waals surface area contributed by atoms with Crippen LogP contribution in [0.25, 0.3) is 0 Å². The van der Waals surface area contributed by atoms with E-state index in [1.807, 2.05) is 30.3 Å². The van der Waals surface area contributed by atoms with Crippen molar-refractivity contribution in [1.82, 2.24) is 9.88 Å². The number of methoxy groups -OCH3 is 2. The number of amides is 1. The molecule has 2 aromatic rings. The highest BCUT2D eigenvalue weighted by molar-refractivity contribution is 5.93. The summed E-state index contributed by atoms with van der Waals surface area (Å²) in [5, 5.41) is 2.94. The number of carbonyl (C=O) groups excluding carboxylic acids is 1. The zero-order chi connectivity index (χ0) is 20.2. The quantitative estimate of drug-likeness (QED) is 0.776. The van der Waals surface area contributed by atoms with Gasteiger partial charge in [-0.15, -0.1) is 0 Å². The number of pyridine rings is 1. The number of nitrogens with one attached hydrogen (secondary N) is 1. The summed E-state index contributed by atoms with van der Waals surface area (Å²) in [5.41, 5.74) is 1.91. The second-order valence-electron chi connectivity index (χ2n) is 7.61. The highest BCUT2D eigenvalue weighted by atomic mass is 16.5. The fraction of sp³-hybridized carbons (Fsp3) is 0.455. The molecule has 1 aliphatic carbocycles. The van der Waals surface area contributed by atoms with Crippen molar-refractivity contribution in [3.8, 4) is 11.5 Å². The monoisotopic (exact) mass is 396 g/mol. The van der Waals surface area contributed by atoms with Gasteiger partial charge in [-0.2, -0.15) is 0 Å². The molecule has 1 amide bonds. The zero-order valence-corrected chi connectivity index (χ0v) is 17.1. The number of hydrogen-bond acceptors (Lipinski definition) is 6. The van der Waals surface area contributed by atoms with Gasteiger partial charge in [0.05, 0.1) is 26.1 Å². The topological polar surface area (TPSA) is 66.9 Å². The van der Waals surface area contributed by atoms with Gasteiger partial charge >= 0.3 is 0 Å². The van der Waals surface area contributed by atoms with Crippen LogP contribution in [-0.2, 0) is 11.3 Å². The van der Waals surface area contributed by atoms with Crippen LogP contribution in [-0.4, -0.2) is 56.2 Å². The van der Waals surface area contributed by atoms with Crippen molar-refractivity contribution in [3.63, 3.8) is 0 Å².